The molecule has 0 spiro atoms. The first kappa shape index (κ1) is 26.9. The second-order valence-electron chi connectivity index (χ2n) is 8.44. The Hall–Kier alpha value is -4.14. The van der Waals surface area contributed by atoms with Crippen LogP contribution in [0.25, 0.3) is 0 Å². The van der Waals surface area contributed by atoms with Crippen molar-refractivity contribution in [3.63, 3.8) is 0 Å². The number of ether oxygens (including phenoxy) is 1. The Balaban J connectivity index is 1.62. The third-order valence-electron chi connectivity index (χ3n) is 5.89. The van der Waals surface area contributed by atoms with Crippen LogP contribution in [0.4, 0.5) is 11.4 Å². The van der Waals surface area contributed by atoms with E-state index in [1.807, 2.05) is 6.92 Å². The number of amides is 1. The molecule has 1 N–H and O–H groups in total. The highest BCUT2D eigenvalue weighted by molar-refractivity contribution is 7.92. The zero-order valence-corrected chi connectivity index (χ0v) is 22.3. The first-order chi connectivity index (χ1) is 18.2. The number of benzene rings is 4. The Labute approximate surface area is 226 Å². The van der Waals surface area contributed by atoms with Crippen molar-refractivity contribution in [2.24, 2.45) is 0 Å². The molecule has 1 amide bonds. The molecule has 0 bridgehead atoms. The maximum absolute atomic E-state index is 13.7. The highest BCUT2D eigenvalue weighted by Gasteiger charge is 2.26. The molecule has 7 nitrogen and oxygen atoms in total. The predicted octanol–water partition coefficient (Wildman–Crippen LogP) is 6.08. The summed E-state index contributed by atoms with van der Waals surface area (Å²) in [4.78, 5) is 25.0. The molecule has 0 radical (unpaired) electrons. The fourth-order valence-electron chi connectivity index (χ4n) is 3.87. The first-order valence-electron chi connectivity index (χ1n) is 11.6. The fraction of sp³-hybridized carbons (Fsp3) is 0.103. The van der Waals surface area contributed by atoms with Gasteiger partial charge in [-0.1, -0.05) is 60.1 Å². The number of nitrogens with zero attached hydrogens (tertiary/aromatic N) is 1. The topological polar surface area (TPSA) is 92.8 Å². The normalized spacial score (nSPS) is 11.0. The van der Waals surface area contributed by atoms with Crippen molar-refractivity contribution in [3.05, 3.63) is 124 Å². The van der Waals surface area contributed by atoms with E-state index in [2.05, 4.69) is 5.32 Å². The minimum Gasteiger partial charge on any atom is -0.465 e. The molecular formula is C29H25ClN2O5S. The van der Waals surface area contributed by atoms with Gasteiger partial charge < -0.3 is 10.1 Å². The van der Waals surface area contributed by atoms with Crippen LogP contribution in [0.5, 0.6) is 0 Å². The van der Waals surface area contributed by atoms with Crippen molar-refractivity contribution >= 4 is 44.9 Å². The molecule has 0 aliphatic carbocycles. The molecule has 0 fully saturated rings. The number of methoxy groups -OCH3 is 1. The van der Waals surface area contributed by atoms with E-state index in [4.69, 9.17) is 16.3 Å². The summed E-state index contributed by atoms with van der Waals surface area (Å²) >= 11 is 6.23. The van der Waals surface area contributed by atoms with E-state index in [1.54, 1.807) is 97.1 Å². The van der Waals surface area contributed by atoms with E-state index in [0.29, 0.717) is 27.5 Å². The van der Waals surface area contributed by atoms with Gasteiger partial charge in [-0.3, -0.25) is 9.10 Å². The minimum atomic E-state index is -3.92. The number of hydrogen-bond acceptors (Lipinski definition) is 5. The largest absolute Gasteiger partial charge is 0.465 e. The summed E-state index contributed by atoms with van der Waals surface area (Å²) < 4.78 is 33.4. The molecule has 0 atom stereocenters. The number of aryl methyl sites for hydroxylation is 1. The summed E-state index contributed by atoms with van der Waals surface area (Å²) in [5.74, 6) is -0.986. The van der Waals surface area contributed by atoms with Crippen LogP contribution in [0.3, 0.4) is 0 Å². The Bertz CT molecular complexity index is 1570. The summed E-state index contributed by atoms with van der Waals surface area (Å²) in [5.41, 5.74) is 2.76. The van der Waals surface area contributed by atoms with Gasteiger partial charge in [0.15, 0.2) is 0 Å². The molecule has 4 rings (SSSR count). The number of halogens is 1. The van der Waals surface area contributed by atoms with Crippen LogP contribution in [-0.2, 0) is 21.3 Å². The van der Waals surface area contributed by atoms with Crippen LogP contribution in [0.2, 0.25) is 5.02 Å². The lowest BCUT2D eigenvalue weighted by Crippen LogP contribution is -2.31. The molecule has 0 saturated heterocycles. The molecule has 9 heteroatoms. The van der Waals surface area contributed by atoms with Gasteiger partial charge >= 0.3 is 5.97 Å². The summed E-state index contributed by atoms with van der Waals surface area (Å²) in [5, 5.41) is 3.14. The van der Waals surface area contributed by atoms with Crippen molar-refractivity contribution in [2.75, 3.05) is 16.7 Å². The maximum Gasteiger partial charge on any atom is 0.339 e. The lowest BCUT2D eigenvalue weighted by molar-refractivity contribution is 0.0602. The van der Waals surface area contributed by atoms with Gasteiger partial charge in [-0.05, 0) is 66.6 Å². The fourth-order valence-corrected chi connectivity index (χ4v) is 5.57. The smallest absolute Gasteiger partial charge is 0.339 e. The van der Waals surface area contributed by atoms with E-state index in [1.165, 1.54) is 11.4 Å². The molecule has 0 saturated carbocycles. The third kappa shape index (κ3) is 5.88. The van der Waals surface area contributed by atoms with Gasteiger partial charge in [-0.25, -0.2) is 13.2 Å². The minimum absolute atomic E-state index is 0.0193. The molecule has 0 aliphatic rings. The van der Waals surface area contributed by atoms with Crippen molar-refractivity contribution < 1.29 is 22.7 Å². The third-order valence-corrected chi connectivity index (χ3v) is 7.90. The van der Waals surface area contributed by atoms with Crippen molar-refractivity contribution in [2.45, 2.75) is 18.4 Å². The molecule has 4 aromatic carbocycles. The second kappa shape index (κ2) is 11.5. The number of para-hydroxylation sites is 1. The van der Waals surface area contributed by atoms with Crippen LogP contribution in [0.1, 0.15) is 31.8 Å². The number of rotatable bonds is 8. The van der Waals surface area contributed by atoms with Crippen LogP contribution in [0, 0.1) is 6.92 Å². The summed E-state index contributed by atoms with van der Waals surface area (Å²) in [6.45, 7) is 1.84. The maximum atomic E-state index is 13.7. The number of carbonyl (C=O) groups excluding carboxylic acids is 2. The Morgan fingerprint density at radius 3 is 2.24 bits per heavy atom. The number of nitrogens with one attached hydrogen (secondary N) is 1. The van der Waals surface area contributed by atoms with Crippen molar-refractivity contribution in [3.8, 4) is 0 Å². The first-order valence-corrected chi connectivity index (χ1v) is 13.4. The Morgan fingerprint density at radius 2 is 1.55 bits per heavy atom. The summed E-state index contributed by atoms with van der Waals surface area (Å²) in [6.07, 6.45) is 0. The van der Waals surface area contributed by atoms with Crippen LogP contribution >= 0.6 is 11.6 Å². The van der Waals surface area contributed by atoms with Gasteiger partial charge in [0.05, 0.1) is 35.5 Å². The zero-order chi connectivity index (χ0) is 27.3. The highest BCUT2D eigenvalue weighted by atomic mass is 35.5. The number of esters is 1. The van der Waals surface area contributed by atoms with E-state index in [-0.39, 0.29) is 17.0 Å². The number of hydrogen-bond donors (Lipinski definition) is 1. The molecule has 0 unspecified atom stereocenters. The van der Waals surface area contributed by atoms with Crippen LogP contribution in [-0.4, -0.2) is 27.4 Å². The van der Waals surface area contributed by atoms with Crippen LogP contribution < -0.4 is 9.62 Å². The molecule has 0 aliphatic heterocycles. The SMILES string of the molecule is COC(=O)c1ccccc1NC(=O)c1ccc(CN(c2cc(Cl)ccc2C)S(=O)(=O)c2ccccc2)cc1. The van der Waals surface area contributed by atoms with E-state index < -0.39 is 21.9 Å². The average Bonchev–Trinajstić information content (AvgIpc) is 2.93. The van der Waals surface area contributed by atoms with Gasteiger partial charge in [-0.15, -0.1) is 0 Å². The molecule has 0 heterocycles. The number of anilines is 2. The monoisotopic (exact) mass is 548 g/mol. The zero-order valence-electron chi connectivity index (χ0n) is 20.7. The molecule has 4 aromatic rings. The number of carbonyl (C=O) groups is 2. The molecule has 194 valence electrons. The standard InChI is InChI=1S/C29H25ClN2O5S/c1-20-12-17-23(30)18-27(20)32(38(35,36)24-8-4-3-5-9-24)19-21-13-15-22(16-14-21)28(33)31-26-11-7-6-10-25(26)29(34)37-2/h3-18H,19H2,1-2H3,(H,31,33). The molecular weight excluding hydrogens is 524 g/mol. The van der Waals surface area contributed by atoms with E-state index in [9.17, 15) is 18.0 Å². The van der Waals surface area contributed by atoms with Gasteiger partial charge in [0.2, 0.25) is 0 Å². The van der Waals surface area contributed by atoms with E-state index in [0.717, 1.165) is 5.56 Å². The van der Waals surface area contributed by atoms with Gasteiger partial charge in [0.25, 0.3) is 15.9 Å². The second-order valence-corrected chi connectivity index (χ2v) is 10.7. The van der Waals surface area contributed by atoms with Gasteiger partial charge in [-0.2, -0.15) is 0 Å². The van der Waals surface area contributed by atoms with Gasteiger partial charge in [0, 0.05) is 10.6 Å². The lowest BCUT2D eigenvalue weighted by atomic mass is 10.1. The Kier molecular flexibility index (Phi) is 8.14. The Morgan fingerprint density at radius 1 is 0.895 bits per heavy atom. The summed E-state index contributed by atoms with van der Waals surface area (Å²) in [6, 6.07) is 26.4. The van der Waals surface area contributed by atoms with Crippen molar-refractivity contribution in [1.82, 2.24) is 0 Å². The van der Waals surface area contributed by atoms with Crippen molar-refractivity contribution in [1.29, 1.82) is 0 Å². The van der Waals surface area contributed by atoms with Crippen LogP contribution in [0.15, 0.2) is 102 Å². The molecule has 0 aromatic heterocycles. The van der Waals surface area contributed by atoms with Gasteiger partial charge in [0.1, 0.15) is 0 Å². The highest BCUT2D eigenvalue weighted by Crippen LogP contribution is 2.31. The quantitative estimate of drug-likeness (QED) is 0.269. The average molecular weight is 549 g/mol. The molecule has 38 heavy (non-hydrogen) atoms. The lowest BCUT2D eigenvalue weighted by Gasteiger charge is -2.26. The predicted molar refractivity (Wildman–Crippen MR) is 148 cm³/mol. The number of sulfonamides is 1. The van der Waals surface area contributed by atoms with E-state index >= 15 is 0 Å². The summed E-state index contributed by atoms with van der Waals surface area (Å²) in [7, 11) is -2.65.